The molecule has 0 aliphatic heterocycles. The summed E-state index contributed by atoms with van der Waals surface area (Å²) in [5, 5.41) is 2.53. The summed E-state index contributed by atoms with van der Waals surface area (Å²) in [6.45, 7) is 0.209. The second-order valence-electron chi connectivity index (χ2n) is 3.89. The van der Waals surface area contributed by atoms with Gasteiger partial charge in [0.2, 0.25) is 0 Å². The van der Waals surface area contributed by atoms with Crippen molar-refractivity contribution in [3.8, 4) is 11.8 Å². The van der Waals surface area contributed by atoms with E-state index in [0.29, 0.717) is 14.9 Å². The largest absolute Gasteiger partial charge is 0.320 e. The zero-order valence-corrected chi connectivity index (χ0v) is 14.5. The van der Waals surface area contributed by atoms with Gasteiger partial charge in [-0.1, -0.05) is 11.8 Å². The Morgan fingerprint density at radius 2 is 2.14 bits per heavy atom. The predicted molar refractivity (Wildman–Crippen MR) is 90.0 cm³/mol. The lowest BCUT2D eigenvalue weighted by Crippen LogP contribution is -2.12. The molecule has 0 atom stereocenters. The number of nitrogens with one attached hydrogen (secondary N) is 1. The third-order valence-electron chi connectivity index (χ3n) is 2.45. The minimum absolute atomic E-state index is 0.104. The van der Waals surface area contributed by atoms with E-state index in [4.69, 9.17) is 5.73 Å². The van der Waals surface area contributed by atoms with Crippen LogP contribution in [-0.4, -0.2) is 12.5 Å². The van der Waals surface area contributed by atoms with Gasteiger partial charge in [-0.3, -0.25) is 4.79 Å². The molecule has 1 aromatic carbocycles. The molecule has 0 aliphatic rings. The van der Waals surface area contributed by atoms with Gasteiger partial charge in [-0.15, -0.1) is 11.3 Å². The van der Waals surface area contributed by atoms with E-state index in [-0.39, 0.29) is 18.1 Å². The molecule has 0 bridgehead atoms. The number of carbonyl (C=O) groups is 1. The highest BCUT2D eigenvalue weighted by atomic mass is 79.9. The summed E-state index contributed by atoms with van der Waals surface area (Å²) in [5.74, 6) is 4.44. The molecule has 0 fully saturated rings. The fraction of sp³-hybridized carbons (Fsp3) is 0.0714. The second kappa shape index (κ2) is 7.18. The molecule has 2 aromatic rings. The van der Waals surface area contributed by atoms with E-state index in [0.717, 1.165) is 3.79 Å². The Balaban J connectivity index is 2.20. The molecule has 0 radical (unpaired) electrons. The lowest BCUT2D eigenvalue weighted by molar-refractivity contribution is 0.102. The van der Waals surface area contributed by atoms with Gasteiger partial charge >= 0.3 is 0 Å². The summed E-state index contributed by atoms with van der Waals surface area (Å²) in [7, 11) is 0. The van der Waals surface area contributed by atoms with Gasteiger partial charge in [0, 0.05) is 5.56 Å². The molecule has 1 aromatic heterocycles. The highest BCUT2D eigenvalue weighted by molar-refractivity contribution is 9.12. The van der Waals surface area contributed by atoms with Crippen LogP contribution in [0.25, 0.3) is 0 Å². The quantitative estimate of drug-likeness (QED) is 0.706. The highest BCUT2D eigenvalue weighted by Crippen LogP contribution is 2.32. The van der Waals surface area contributed by atoms with Crippen molar-refractivity contribution in [3.05, 3.63) is 48.8 Å². The molecule has 2 rings (SSSR count). The van der Waals surface area contributed by atoms with E-state index in [2.05, 4.69) is 49.0 Å². The Kier molecular flexibility index (Phi) is 5.53. The number of benzene rings is 1. The Hall–Kier alpha value is -1.20. The van der Waals surface area contributed by atoms with E-state index < -0.39 is 5.82 Å². The Morgan fingerprint density at radius 3 is 2.71 bits per heavy atom. The van der Waals surface area contributed by atoms with Gasteiger partial charge in [0.05, 0.1) is 25.4 Å². The number of hydrogen-bond donors (Lipinski definition) is 2. The van der Waals surface area contributed by atoms with Crippen LogP contribution in [0, 0.1) is 17.7 Å². The first-order valence-corrected chi connectivity index (χ1v) is 8.16. The highest BCUT2D eigenvalue weighted by Gasteiger charge is 2.15. The van der Waals surface area contributed by atoms with Crippen LogP contribution in [0.2, 0.25) is 0 Å². The van der Waals surface area contributed by atoms with Gasteiger partial charge in [0.25, 0.3) is 5.91 Å². The first-order valence-electron chi connectivity index (χ1n) is 5.76. The van der Waals surface area contributed by atoms with Crippen LogP contribution in [0.15, 0.2) is 31.8 Å². The van der Waals surface area contributed by atoms with E-state index >= 15 is 0 Å². The minimum Gasteiger partial charge on any atom is -0.320 e. The molecule has 3 nitrogen and oxygen atoms in total. The van der Waals surface area contributed by atoms with E-state index in [1.165, 1.54) is 23.5 Å². The van der Waals surface area contributed by atoms with Crippen molar-refractivity contribution in [2.75, 3.05) is 11.9 Å². The summed E-state index contributed by atoms with van der Waals surface area (Å²) in [6, 6.07) is 6.03. The van der Waals surface area contributed by atoms with Crippen molar-refractivity contribution in [3.63, 3.8) is 0 Å². The Morgan fingerprint density at radius 1 is 1.38 bits per heavy atom. The van der Waals surface area contributed by atoms with Crippen LogP contribution in [0.1, 0.15) is 15.9 Å². The van der Waals surface area contributed by atoms with E-state index in [9.17, 15) is 9.18 Å². The Labute approximate surface area is 142 Å². The number of amides is 1. The maximum atomic E-state index is 13.9. The SMILES string of the molecule is NCC#Cc1ccc(NC(=O)c2cc(Br)sc2Br)c(F)c1. The first-order chi connectivity index (χ1) is 10.0. The van der Waals surface area contributed by atoms with Crippen molar-refractivity contribution in [1.29, 1.82) is 0 Å². The maximum Gasteiger partial charge on any atom is 0.257 e. The van der Waals surface area contributed by atoms with Gasteiger partial charge in [-0.2, -0.15) is 0 Å². The smallest absolute Gasteiger partial charge is 0.257 e. The molecule has 1 amide bonds. The predicted octanol–water partition coefficient (Wildman–Crippen LogP) is 3.97. The molecule has 108 valence electrons. The van der Waals surface area contributed by atoms with Crippen LogP contribution in [0.3, 0.4) is 0 Å². The summed E-state index contributed by atoms with van der Waals surface area (Å²) < 4.78 is 15.4. The van der Waals surface area contributed by atoms with Crippen molar-refractivity contribution in [2.24, 2.45) is 5.73 Å². The molecule has 0 saturated heterocycles. The van der Waals surface area contributed by atoms with Crippen LogP contribution in [0.5, 0.6) is 0 Å². The van der Waals surface area contributed by atoms with E-state index in [1.807, 2.05) is 0 Å². The van der Waals surface area contributed by atoms with Crippen LogP contribution in [0.4, 0.5) is 10.1 Å². The first kappa shape index (κ1) is 16.2. The number of carbonyl (C=O) groups excluding carboxylic acids is 1. The standard InChI is InChI=1S/C14H9Br2FN2OS/c15-12-7-9(13(16)21-12)14(20)19-11-4-3-8(2-1-5-18)6-10(11)17/h3-4,6-7H,5,18H2,(H,19,20). The minimum atomic E-state index is -0.544. The van der Waals surface area contributed by atoms with Gasteiger partial charge < -0.3 is 11.1 Å². The van der Waals surface area contributed by atoms with Crippen LogP contribution < -0.4 is 11.1 Å². The third kappa shape index (κ3) is 4.14. The van der Waals surface area contributed by atoms with Crippen molar-refractivity contribution in [1.82, 2.24) is 0 Å². The number of thiophene rings is 1. The fourth-order valence-electron chi connectivity index (χ4n) is 1.53. The normalized spacial score (nSPS) is 9.90. The van der Waals surface area contributed by atoms with Gasteiger partial charge in [0.1, 0.15) is 5.82 Å². The van der Waals surface area contributed by atoms with Crippen molar-refractivity contribution < 1.29 is 9.18 Å². The number of nitrogens with two attached hydrogens (primary N) is 1. The topological polar surface area (TPSA) is 55.1 Å². The average Bonchev–Trinajstić information content (AvgIpc) is 2.78. The molecular formula is C14H9Br2FN2OS. The van der Waals surface area contributed by atoms with Crippen LogP contribution in [-0.2, 0) is 0 Å². The molecule has 1 heterocycles. The maximum absolute atomic E-state index is 13.9. The zero-order valence-electron chi connectivity index (χ0n) is 10.5. The lowest BCUT2D eigenvalue weighted by atomic mass is 10.2. The molecular weight excluding hydrogens is 423 g/mol. The van der Waals surface area contributed by atoms with E-state index in [1.54, 1.807) is 12.1 Å². The number of anilines is 1. The lowest BCUT2D eigenvalue weighted by Gasteiger charge is -2.06. The molecule has 0 unspecified atom stereocenters. The van der Waals surface area contributed by atoms with Gasteiger partial charge in [-0.25, -0.2) is 4.39 Å². The van der Waals surface area contributed by atoms with Crippen molar-refractivity contribution in [2.45, 2.75) is 0 Å². The monoisotopic (exact) mass is 430 g/mol. The summed E-state index contributed by atoms with van der Waals surface area (Å²) >= 11 is 7.96. The summed E-state index contributed by atoms with van der Waals surface area (Å²) in [5.41, 5.74) is 6.32. The number of hydrogen-bond acceptors (Lipinski definition) is 3. The zero-order chi connectivity index (χ0) is 15.4. The number of halogens is 3. The summed E-state index contributed by atoms with van der Waals surface area (Å²) in [6.07, 6.45) is 0. The van der Waals surface area contributed by atoms with Gasteiger partial charge in [0.15, 0.2) is 0 Å². The summed E-state index contributed by atoms with van der Waals surface area (Å²) in [4.78, 5) is 12.1. The molecule has 21 heavy (non-hydrogen) atoms. The molecule has 3 N–H and O–H groups in total. The van der Waals surface area contributed by atoms with Gasteiger partial charge in [-0.05, 0) is 56.1 Å². The van der Waals surface area contributed by atoms with Crippen molar-refractivity contribution >= 4 is 54.8 Å². The average molecular weight is 432 g/mol. The molecule has 0 saturated carbocycles. The number of rotatable bonds is 2. The Bertz CT molecular complexity index is 749. The fourth-order valence-corrected chi connectivity index (χ4v) is 4.33. The third-order valence-corrected chi connectivity index (χ3v) is 4.79. The molecule has 0 aliphatic carbocycles. The molecule has 0 spiro atoms. The second-order valence-corrected chi connectivity index (χ2v) is 7.64. The molecule has 7 heteroatoms. The van der Waals surface area contributed by atoms with Crippen LogP contribution >= 0.6 is 43.2 Å².